The summed E-state index contributed by atoms with van der Waals surface area (Å²) in [7, 11) is 0. The number of nitriles is 2. The Morgan fingerprint density at radius 3 is 2.56 bits per heavy atom. The summed E-state index contributed by atoms with van der Waals surface area (Å²) >= 11 is 0. The van der Waals surface area contributed by atoms with Gasteiger partial charge in [-0.2, -0.15) is 10.5 Å². The summed E-state index contributed by atoms with van der Waals surface area (Å²) in [4.78, 5) is 26.9. The molecule has 0 radical (unpaired) electrons. The van der Waals surface area contributed by atoms with E-state index in [4.69, 9.17) is 10.5 Å². The molecule has 2 rings (SSSR count). The van der Waals surface area contributed by atoms with Gasteiger partial charge in [-0.05, 0) is 6.08 Å². The molecule has 1 unspecified atom stereocenters. The number of aromatic nitrogens is 2. The third kappa shape index (κ3) is 1.43. The van der Waals surface area contributed by atoms with Gasteiger partial charge < -0.3 is 9.97 Å². The van der Waals surface area contributed by atoms with E-state index in [-0.39, 0.29) is 12.0 Å². The monoisotopic (exact) mass is 214 g/mol. The van der Waals surface area contributed by atoms with Crippen molar-refractivity contribution >= 4 is 6.08 Å². The van der Waals surface area contributed by atoms with Gasteiger partial charge in [0, 0.05) is 17.7 Å². The normalized spacial score (nSPS) is 17.9. The SMILES string of the molecule is N#CC1=Cc2[nH]c(=O)c(=O)[nH]c2CC1C#N. The van der Waals surface area contributed by atoms with Crippen LogP contribution in [0.25, 0.3) is 6.08 Å². The first-order chi connectivity index (χ1) is 7.65. The molecule has 0 saturated heterocycles. The molecule has 0 aromatic carbocycles. The van der Waals surface area contributed by atoms with Gasteiger partial charge in [-0.15, -0.1) is 0 Å². The van der Waals surface area contributed by atoms with Crippen molar-refractivity contribution in [1.29, 1.82) is 10.5 Å². The van der Waals surface area contributed by atoms with Crippen molar-refractivity contribution in [2.45, 2.75) is 6.42 Å². The van der Waals surface area contributed by atoms with E-state index in [1.54, 1.807) is 0 Å². The van der Waals surface area contributed by atoms with Crippen LogP contribution in [0.3, 0.4) is 0 Å². The molecule has 1 aromatic heterocycles. The molecule has 6 heteroatoms. The van der Waals surface area contributed by atoms with Crippen molar-refractivity contribution in [3.63, 3.8) is 0 Å². The third-order valence-corrected chi connectivity index (χ3v) is 2.41. The van der Waals surface area contributed by atoms with Gasteiger partial charge in [0.25, 0.3) is 0 Å². The fourth-order valence-corrected chi connectivity index (χ4v) is 1.60. The molecule has 1 aromatic rings. The minimum absolute atomic E-state index is 0.233. The Bertz CT molecular complexity index is 666. The van der Waals surface area contributed by atoms with Gasteiger partial charge in [0.1, 0.15) is 0 Å². The molecular formula is C10H6N4O2. The number of hydrogen-bond donors (Lipinski definition) is 2. The lowest BCUT2D eigenvalue weighted by atomic mass is 9.90. The number of hydrogen-bond acceptors (Lipinski definition) is 4. The average Bonchev–Trinajstić information content (AvgIpc) is 2.29. The van der Waals surface area contributed by atoms with Crippen LogP contribution >= 0.6 is 0 Å². The predicted octanol–water partition coefficient (Wildman–Crippen LogP) is -0.334. The molecule has 0 saturated carbocycles. The van der Waals surface area contributed by atoms with Gasteiger partial charge in [0.15, 0.2) is 0 Å². The average molecular weight is 214 g/mol. The zero-order valence-corrected chi connectivity index (χ0v) is 8.07. The molecule has 0 fully saturated rings. The van der Waals surface area contributed by atoms with Gasteiger partial charge >= 0.3 is 11.1 Å². The van der Waals surface area contributed by atoms with Gasteiger partial charge in [-0.3, -0.25) is 9.59 Å². The molecule has 78 valence electrons. The second-order valence-corrected chi connectivity index (χ2v) is 3.40. The maximum Gasteiger partial charge on any atom is 0.314 e. The van der Waals surface area contributed by atoms with Gasteiger partial charge in [0.05, 0.1) is 23.8 Å². The minimum Gasteiger partial charge on any atom is -0.319 e. The maximum absolute atomic E-state index is 11.1. The molecule has 2 N–H and O–H groups in total. The van der Waals surface area contributed by atoms with Crippen molar-refractivity contribution in [1.82, 2.24) is 9.97 Å². The van der Waals surface area contributed by atoms with E-state index in [1.165, 1.54) is 6.08 Å². The van der Waals surface area contributed by atoms with E-state index < -0.39 is 17.0 Å². The smallest absolute Gasteiger partial charge is 0.314 e. The Kier molecular flexibility index (Phi) is 2.19. The lowest BCUT2D eigenvalue weighted by molar-refractivity contribution is 0.740. The Balaban J connectivity index is 2.67. The van der Waals surface area contributed by atoms with Crippen LogP contribution in [-0.2, 0) is 6.42 Å². The maximum atomic E-state index is 11.1. The molecule has 0 bridgehead atoms. The summed E-state index contributed by atoms with van der Waals surface area (Å²) in [5.74, 6) is -0.570. The van der Waals surface area contributed by atoms with Crippen LogP contribution < -0.4 is 11.1 Å². The highest BCUT2D eigenvalue weighted by Crippen LogP contribution is 2.23. The molecule has 1 aliphatic rings. The van der Waals surface area contributed by atoms with Gasteiger partial charge in [-0.1, -0.05) is 0 Å². The summed E-state index contributed by atoms with van der Waals surface area (Å²) in [6, 6.07) is 3.88. The molecule has 0 aliphatic heterocycles. The van der Waals surface area contributed by atoms with Crippen LogP contribution in [0.4, 0.5) is 0 Å². The Morgan fingerprint density at radius 2 is 1.94 bits per heavy atom. The first kappa shape index (κ1) is 9.94. The molecule has 0 spiro atoms. The fraction of sp³-hybridized carbons (Fsp3) is 0.200. The van der Waals surface area contributed by atoms with Crippen molar-refractivity contribution in [2.75, 3.05) is 0 Å². The molecule has 0 amide bonds. The minimum atomic E-state index is -0.761. The Hall–Kier alpha value is -2.60. The Labute approximate surface area is 89.5 Å². The first-order valence-corrected chi connectivity index (χ1v) is 4.52. The number of fused-ring (bicyclic) bond motifs is 1. The zero-order chi connectivity index (χ0) is 11.7. The van der Waals surface area contributed by atoms with Crippen molar-refractivity contribution in [3.8, 4) is 12.1 Å². The molecule has 6 nitrogen and oxygen atoms in total. The van der Waals surface area contributed by atoms with E-state index in [9.17, 15) is 9.59 Å². The fourth-order valence-electron chi connectivity index (χ4n) is 1.60. The molecule has 1 atom stereocenters. The summed E-state index contributed by atoms with van der Waals surface area (Å²) in [5, 5.41) is 17.6. The van der Waals surface area contributed by atoms with Crippen LogP contribution in [0.2, 0.25) is 0 Å². The lowest BCUT2D eigenvalue weighted by Gasteiger charge is -2.15. The number of rotatable bonds is 0. The van der Waals surface area contributed by atoms with Gasteiger partial charge in [-0.25, -0.2) is 0 Å². The second kappa shape index (κ2) is 3.52. The van der Waals surface area contributed by atoms with Gasteiger partial charge in [0.2, 0.25) is 0 Å². The molecule has 1 heterocycles. The van der Waals surface area contributed by atoms with E-state index in [0.29, 0.717) is 11.4 Å². The summed E-state index contributed by atoms with van der Waals surface area (Å²) in [5.41, 5.74) is -0.340. The molecular weight excluding hydrogens is 208 g/mol. The number of nitrogens with zero attached hydrogens (tertiary/aromatic N) is 2. The largest absolute Gasteiger partial charge is 0.319 e. The van der Waals surface area contributed by atoms with Crippen molar-refractivity contribution in [2.24, 2.45) is 5.92 Å². The third-order valence-electron chi connectivity index (χ3n) is 2.41. The van der Waals surface area contributed by atoms with E-state index in [1.807, 2.05) is 12.1 Å². The topological polar surface area (TPSA) is 113 Å². The highest BCUT2D eigenvalue weighted by Gasteiger charge is 2.22. The van der Waals surface area contributed by atoms with E-state index in [0.717, 1.165) is 0 Å². The summed E-state index contributed by atoms with van der Waals surface area (Å²) < 4.78 is 0. The zero-order valence-electron chi connectivity index (χ0n) is 8.07. The van der Waals surface area contributed by atoms with E-state index >= 15 is 0 Å². The number of H-pyrrole nitrogens is 2. The quantitative estimate of drug-likeness (QED) is 0.575. The highest BCUT2D eigenvalue weighted by molar-refractivity contribution is 5.60. The van der Waals surface area contributed by atoms with Crippen LogP contribution in [0.5, 0.6) is 0 Å². The lowest BCUT2D eigenvalue weighted by Crippen LogP contribution is -2.33. The highest BCUT2D eigenvalue weighted by atomic mass is 16.2. The molecule has 1 aliphatic carbocycles. The number of aromatic amines is 2. The van der Waals surface area contributed by atoms with Crippen LogP contribution in [0.1, 0.15) is 11.4 Å². The Morgan fingerprint density at radius 1 is 1.25 bits per heavy atom. The van der Waals surface area contributed by atoms with Crippen molar-refractivity contribution < 1.29 is 0 Å². The number of allylic oxidation sites excluding steroid dienone is 1. The van der Waals surface area contributed by atoms with Crippen LogP contribution in [0, 0.1) is 28.6 Å². The van der Waals surface area contributed by atoms with Crippen LogP contribution in [-0.4, -0.2) is 9.97 Å². The summed E-state index contributed by atoms with van der Waals surface area (Å²) in [6.07, 6.45) is 1.65. The first-order valence-electron chi connectivity index (χ1n) is 4.52. The predicted molar refractivity (Wildman–Crippen MR) is 54.1 cm³/mol. The van der Waals surface area contributed by atoms with E-state index in [2.05, 4.69) is 9.97 Å². The van der Waals surface area contributed by atoms with Crippen LogP contribution in [0.15, 0.2) is 15.2 Å². The number of nitrogens with one attached hydrogen (secondary N) is 2. The standard InChI is InChI=1S/C10H6N4O2/c11-3-5-1-7-8(2-6(5)4-12)14-10(16)9(15)13-7/h1,6H,2H2,(H,13,15)(H,14,16). The second-order valence-electron chi connectivity index (χ2n) is 3.40. The summed E-state index contributed by atoms with van der Waals surface area (Å²) in [6.45, 7) is 0. The molecule has 16 heavy (non-hydrogen) atoms. The van der Waals surface area contributed by atoms with Crippen molar-refractivity contribution in [3.05, 3.63) is 37.7 Å².